The van der Waals surface area contributed by atoms with Crippen LogP contribution in [0.5, 0.6) is 0 Å². The Morgan fingerprint density at radius 3 is 2.86 bits per heavy atom. The molecule has 10 heteroatoms. The summed E-state index contributed by atoms with van der Waals surface area (Å²) in [6.45, 7) is 3.24. The third kappa shape index (κ3) is 3.77. The maximum absolute atomic E-state index is 13.0. The molecular weight excluding hydrogens is 396 g/mol. The fourth-order valence-corrected chi connectivity index (χ4v) is 5.36. The number of nitrogens with zero attached hydrogens (tertiary/aromatic N) is 4. The van der Waals surface area contributed by atoms with Crippen molar-refractivity contribution in [2.45, 2.75) is 17.3 Å². The van der Waals surface area contributed by atoms with E-state index in [2.05, 4.69) is 20.9 Å². The smallest absolute Gasteiger partial charge is 0.247 e. The van der Waals surface area contributed by atoms with Crippen LogP contribution in [0.3, 0.4) is 0 Å². The van der Waals surface area contributed by atoms with Gasteiger partial charge in [0, 0.05) is 13.1 Å². The Morgan fingerprint density at radius 2 is 2.11 bits per heavy atom. The summed E-state index contributed by atoms with van der Waals surface area (Å²) in [5.74, 6) is 0.128. The highest BCUT2D eigenvalue weighted by Gasteiger charge is 2.50. The first kappa shape index (κ1) is 19.3. The number of nitrogens with one attached hydrogen (secondary N) is 2. The molecule has 2 saturated heterocycles. The first-order valence-corrected chi connectivity index (χ1v) is 11.0. The molecule has 2 aromatic rings. The molecule has 28 heavy (non-hydrogen) atoms. The molecule has 3 atom stereocenters. The highest BCUT2D eigenvalue weighted by atomic mass is 32.2. The van der Waals surface area contributed by atoms with Gasteiger partial charge in [-0.2, -0.15) is 0 Å². The fraction of sp³-hybridized carbons (Fsp3) is 0.444. The lowest BCUT2D eigenvalue weighted by Crippen LogP contribution is -2.55. The summed E-state index contributed by atoms with van der Waals surface area (Å²) in [7, 11) is 1.94. The van der Waals surface area contributed by atoms with Crippen molar-refractivity contribution in [2.75, 3.05) is 36.2 Å². The third-order valence-corrected chi connectivity index (χ3v) is 6.81. The van der Waals surface area contributed by atoms with Crippen LogP contribution in [0.1, 0.15) is 6.92 Å². The van der Waals surface area contributed by atoms with Crippen LogP contribution in [0, 0.1) is 11.8 Å². The molecule has 8 nitrogen and oxygen atoms in total. The highest BCUT2D eigenvalue weighted by molar-refractivity contribution is 8.01. The van der Waals surface area contributed by atoms with E-state index in [-0.39, 0.29) is 29.7 Å². The Balaban J connectivity index is 1.52. The maximum atomic E-state index is 13.0. The number of hydrazine groups is 1. The molecule has 148 valence electrons. The first-order chi connectivity index (χ1) is 13.6. The van der Waals surface area contributed by atoms with Gasteiger partial charge in [-0.1, -0.05) is 48.2 Å². The Morgan fingerprint density at radius 1 is 1.32 bits per heavy atom. The third-order valence-electron chi connectivity index (χ3n) is 4.96. The van der Waals surface area contributed by atoms with E-state index >= 15 is 0 Å². The van der Waals surface area contributed by atoms with E-state index in [0.717, 1.165) is 15.8 Å². The van der Waals surface area contributed by atoms with E-state index < -0.39 is 0 Å². The molecule has 4 rings (SSSR count). The van der Waals surface area contributed by atoms with Crippen molar-refractivity contribution < 1.29 is 9.59 Å². The number of benzene rings is 1. The Bertz CT molecular complexity index is 861. The van der Waals surface area contributed by atoms with E-state index in [1.165, 1.54) is 11.3 Å². The van der Waals surface area contributed by atoms with Gasteiger partial charge in [0.25, 0.3) is 0 Å². The van der Waals surface area contributed by atoms with Gasteiger partial charge in [-0.25, -0.2) is 10.4 Å². The van der Waals surface area contributed by atoms with Crippen LogP contribution in [0.25, 0.3) is 0 Å². The number of fused-ring (bicyclic) bond motifs is 1. The average Bonchev–Trinajstić information content (AvgIpc) is 3.27. The second kappa shape index (κ2) is 8.16. The summed E-state index contributed by atoms with van der Waals surface area (Å²) in [4.78, 5) is 28.0. The predicted octanol–water partition coefficient (Wildman–Crippen LogP) is 1.69. The Hall–Kier alpha value is -2.01. The molecule has 2 aliphatic rings. The van der Waals surface area contributed by atoms with Gasteiger partial charge in [0.15, 0.2) is 4.34 Å². The maximum Gasteiger partial charge on any atom is 0.247 e. The molecule has 2 aliphatic heterocycles. The number of rotatable bonds is 5. The number of piperidine rings is 1. The largest absolute Gasteiger partial charge is 0.305 e. The molecule has 1 aromatic carbocycles. The summed E-state index contributed by atoms with van der Waals surface area (Å²) in [5, 5.41) is 13.1. The van der Waals surface area contributed by atoms with Crippen LogP contribution < -0.4 is 15.8 Å². The lowest BCUT2D eigenvalue weighted by molar-refractivity contribution is -0.125. The van der Waals surface area contributed by atoms with Crippen LogP contribution in [0.4, 0.5) is 10.8 Å². The van der Waals surface area contributed by atoms with Crippen molar-refractivity contribution in [2.24, 2.45) is 11.8 Å². The van der Waals surface area contributed by atoms with Crippen LogP contribution >= 0.6 is 23.1 Å². The van der Waals surface area contributed by atoms with Crippen LogP contribution in [-0.2, 0) is 9.59 Å². The molecule has 2 fully saturated rings. The van der Waals surface area contributed by atoms with E-state index in [4.69, 9.17) is 0 Å². The zero-order valence-electron chi connectivity index (χ0n) is 15.7. The van der Waals surface area contributed by atoms with Crippen molar-refractivity contribution in [1.29, 1.82) is 0 Å². The number of para-hydroxylation sites is 1. The standard InChI is InChI=1S/C18H22N6O2S2/c1-3-27-18-21-20-17(28-18)19-15(25)12-9-23(2)10-13-14(12)22-24(16(13)26)11-7-5-4-6-8-11/h4-8,12-14,22H,3,9-10H2,1-2H3,(H,19,20,25). The Kier molecular flexibility index (Phi) is 5.63. The first-order valence-electron chi connectivity index (χ1n) is 9.17. The number of hydrogen-bond donors (Lipinski definition) is 2. The number of thioether (sulfide) groups is 1. The molecule has 3 heterocycles. The van der Waals surface area contributed by atoms with E-state index in [1.807, 2.05) is 49.2 Å². The summed E-state index contributed by atoms with van der Waals surface area (Å²) < 4.78 is 0.834. The minimum Gasteiger partial charge on any atom is -0.305 e. The van der Waals surface area contributed by atoms with Crippen LogP contribution in [0.15, 0.2) is 34.7 Å². The summed E-state index contributed by atoms with van der Waals surface area (Å²) in [5.41, 5.74) is 4.07. The van der Waals surface area contributed by atoms with Crippen molar-refractivity contribution in [3.8, 4) is 0 Å². The van der Waals surface area contributed by atoms with E-state index in [0.29, 0.717) is 18.2 Å². The van der Waals surface area contributed by atoms with Gasteiger partial charge in [0.2, 0.25) is 16.9 Å². The van der Waals surface area contributed by atoms with Crippen molar-refractivity contribution >= 4 is 45.7 Å². The second-order valence-electron chi connectivity index (χ2n) is 6.89. The fourth-order valence-electron chi connectivity index (χ4n) is 3.71. The lowest BCUT2D eigenvalue weighted by Gasteiger charge is -2.36. The van der Waals surface area contributed by atoms with Crippen LogP contribution in [-0.4, -0.2) is 58.8 Å². The monoisotopic (exact) mass is 418 g/mol. The van der Waals surface area contributed by atoms with E-state index in [1.54, 1.807) is 16.8 Å². The average molecular weight is 419 g/mol. The molecule has 0 bridgehead atoms. The normalized spacial score (nSPS) is 25.0. The van der Waals surface area contributed by atoms with Gasteiger partial charge in [-0.3, -0.25) is 9.59 Å². The molecule has 0 aliphatic carbocycles. The molecule has 0 radical (unpaired) electrons. The molecule has 0 spiro atoms. The van der Waals surface area contributed by atoms with Gasteiger partial charge in [-0.05, 0) is 24.9 Å². The van der Waals surface area contributed by atoms with Crippen molar-refractivity contribution in [3.05, 3.63) is 30.3 Å². The molecule has 1 aromatic heterocycles. The van der Waals surface area contributed by atoms with Crippen molar-refractivity contribution in [1.82, 2.24) is 20.5 Å². The number of aromatic nitrogens is 2. The minimum absolute atomic E-state index is 0.00176. The van der Waals surface area contributed by atoms with Gasteiger partial charge in [-0.15, -0.1) is 10.2 Å². The SMILES string of the molecule is CCSc1nnc(NC(=O)C2CN(C)CC3C(=O)N(c4ccccc4)NC23)s1. The minimum atomic E-state index is -0.368. The topological polar surface area (TPSA) is 90.5 Å². The molecule has 3 unspecified atom stereocenters. The molecule has 2 amide bonds. The zero-order chi connectivity index (χ0) is 19.7. The summed E-state index contributed by atoms with van der Waals surface area (Å²) in [6.07, 6.45) is 0. The highest BCUT2D eigenvalue weighted by Crippen LogP contribution is 2.32. The van der Waals surface area contributed by atoms with Gasteiger partial charge >= 0.3 is 0 Å². The number of hydrogen-bond acceptors (Lipinski definition) is 8. The zero-order valence-corrected chi connectivity index (χ0v) is 17.3. The Labute approximate surface area is 171 Å². The molecular formula is C18H22N6O2S2. The number of carbonyl (C=O) groups excluding carboxylic acids is 2. The summed E-state index contributed by atoms with van der Waals surface area (Å²) >= 11 is 2.97. The molecule has 0 saturated carbocycles. The van der Waals surface area contributed by atoms with Gasteiger partial charge < -0.3 is 10.2 Å². The van der Waals surface area contributed by atoms with E-state index in [9.17, 15) is 9.59 Å². The van der Waals surface area contributed by atoms with Crippen LogP contribution in [0.2, 0.25) is 0 Å². The molecule has 2 N–H and O–H groups in total. The van der Waals surface area contributed by atoms with Gasteiger partial charge in [0.1, 0.15) is 0 Å². The summed E-state index contributed by atoms with van der Waals surface area (Å²) in [6, 6.07) is 9.22. The quantitative estimate of drug-likeness (QED) is 0.564. The van der Waals surface area contributed by atoms with Gasteiger partial charge in [0.05, 0.1) is 23.6 Å². The number of amides is 2. The number of carbonyl (C=O) groups is 2. The number of likely N-dealkylation sites (tertiary alicyclic amines) is 1. The van der Waals surface area contributed by atoms with Crippen molar-refractivity contribution in [3.63, 3.8) is 0 Å². The second-order valence-corrected chi connectivity index (χ2v) is 9.38. The predicted molar refractivity (Wildman–Crippen MR) is 110 cm³/mol. The number of anilines is 2. The lowest BCUT2D eigenvalue weighted by atomic mass is 9.84.